The molecular weight excluding hydrogens is 160 g/mol. The summed E-state index contributed by atoms with van der Waals surface area (Å²) in [5.74, 6) is 0.892. The summed E-state index contributed by atoms with van der Waals surface area (Å²) in [5.41, 5.74) is 1.18. The lowest BCUT2D eigenvalue weighted by atomic mass is 10.2. The van der Waals surface area contributed by atoms with Gasteiger partial charge in [0.25, 0.3) is 0 Å². The highest BCUT2D eigenvalue weighted by molar-refractivity contribution is 5.52. The molecule has 0 aliphatic carbocycles. The molecule has 1 nitrogen and oxygen atoms in total. The Morgan fingerprint density at radius 3 is 2.31 bits per heavy atom. The molecular formula is C12H14O. The molecule has 68 valence electrons. The molecule has 1 aromatic carbocycles. The van der Waals surface area contributed by atoms with Gasteiger partial charge in [-0.2, -0.15) is 0 Å². The summed E-state index contributed by atoms with van der Waals surface area (Å²) in [4.78, 5) is 0. The van der Waals surface area contributed by atoms with Gasteiger partial charge in [0, 0.05) is 0 Å². The molecule has 1 heteroatoms. The number of methoxy groups -OCH3 is 1. The smallest absolute Gasteiger partial charge is 0.118 e. The predicted molar refractivity (Wildman–Crippen MR) is 56.8 cm³/mol. The third-order valence-corrected chi connectivity index (χ3v) is 1.71. The van der Waals surface area contributed by atoms with Crippen molar-refractivity contribution in [3.63, 3.8) is 0 Å². The van der Waals surface area contributed by atoms with E-state index in [1.165, 1.54) is 5.56 Å². The van der Waals surface area contributed by atoms with Crippen LogP contribution in [0.2, 0.25) is 0 Å². The molecule has 0 fully saturated rings. The Bertz CT molecular complexity index is 293. The van der Waals surface area contributed by atoms with Crippen molar-refractivity contribution >= 4 is 6.08 Å². The van der Waals surface area contributed by atoms with Crippen LogP contribution >= 0.6 is 0 Å². The Balaban J connectivity index is 2.69. The van der Waals surface area contributed by atoms with E-state index in [4.69, 9.17) is 4.74 Å². The van der Waals surface area contributed by atoms with E-state index in [0.29, 0.717) is 0 Å². The zero-order chi connectivity index (χ0) is 9.52. The zero-order valence-electron chi connectivity index (χ0n) is 8.03. The summed E-state index contributed by atoms with van der Waals surface area (Å²) in [6.45, 7) is 2.00. The maximum absolute atomic E-state index is 5.06. The van der Waals surface area contributed by atoms with Gasteiger partial charge >= 0.3 is 0 Å². The number of benzene rings is 1. The fourth-order valence-corrected chi connectivity index (χ4v) is 0.993. The van der Waals surface area contributed by atoms with Crippen molar-refractivity contribution in [1.29, 1.82) is 0 Å². The minimum Gasteiger partial charge on any atom is -0.497 e. The Morgan fingerprint density at radius 2 is 1.77 bits per heavy atom. The molecule has 0 saturated heterocycles. The number of hydrogen-bond donors (Lipinski definition) is 0. The number of hydrogen-bond acceptors (Lipinski definition) is 1. The first-order valence-corrected chi connectivity index (χ1v) is 4.30. The second-order valence-corrected chi connectivity index (χ2v) is 2.66. The molecule has 0 aromatic heterocycles. The van der Waals surface area contributed by atoms with Gasteiger partial charge in [-0.15, -0.1) is 0 Å². The van der Waals surface area contributed by atoms with E-state index >= 15 is 0 Å². The van der Waals surface area contributed by atoms with Crippen molar-refractivity contribution in [1.82, 2.24) is 0 Å². The van der Waals surface area contributed by atoms with Crippen LogP contribution in [0.3, 0.4) is 0 Å². The third-order valence-electron chi connectivity index (χ3n) is 1.71. The first kappa shape index (κ1) is 9.59. The summed E-state index contributed by atoms with van der Waals surface area (Å²) in [6.07, 6.45) is 8.07. The van der Waals surface area contributed by atoms with Crippen molar-refractivity contribution in [2.24, 2.45) is 0 Å². The Hall–Kier alpha value is -1.50. The SMILES string of the molecule is C/C=C\C=C\c1ccc(OC)cc1. The van der Waals surface area contributed by atoms with Gasteiger partial charge in [0.05, 0.1) is 7.11 Å². The minimum atomic E-state index is 0.892. The van der Waals surface area contributed by atoms with E-state index < -0.39 is 0 Å². The van der Waals surface area contributed by atoms with Gasteiger partial charge in [-0.25, -0.2) is 0 Å². The molecule has 1 aromatic rings. The summed E-state index contributed by atoms with van der Waals surface area (Å²) < 4.78 is 5.06. The van der Waals surface area contributed by atoms with E-state index in [-0.39, 0.29) is 0 Å². The van der Waals surface area contributed by atoms with Crippen molar-refractivity contribution < 1.29 is 4.74 Å². The Morgan fingerprint density at radius 1 is 1.08 bits per heavy atom. The predicted octanol–water partition coefficient (Wildman–Crippen LogP) is 3.28. The van der Waals surface area contributed by atoms with Crippen LogP contribution in [0.1, 0.15) is 12.5 Å². The minimum absolute atomic E-state index is 0.892. The van der Waals surface area contributed by atoms with Crippen LogP contribution in [0.4, 0.5) is 0 Å². The second kappa shape index (κ2) is 5.20. The number of ether oxygens (including phenoxy) is 1. The van der Waals surface area contributed by atoms with Crippen molar-refractivity contribution in [3.05, 3.63) is 48.1 Å². The lowest BCUT2D eigenvalue weighted by Gasteiger charge is -1.98. The van der Waals surface area contributed by atoms with Crippen LogP contribution in [0, 0.1) is 0 Å². The molecule has 0 unspecified atom stereocenters. The van der Waals surface area contributed by atoms with Crippen LogP contribution in [0.25, 0.3) is 6.08 Å². The highest BCUT2D eigenvalue weighted by atomic mass is 16.5. The summed E-state index contributed by atoms with van der Waals surface area (Å²) in [5, 5.41) is 0. The largest absolute Gasteiger partial charge is 0.497 e. The molecule has 0 heterocycles. The summed E-state index contributed by atoms with van der Waals surface area (Å²) >= 11 is 0. The molecule has 13 heavy (non-hydrogen) atoms. The van der Waals surface area contributed by atoms with Crippen LogP contribution < -0.4 is 4.74 Å². The van der Waals surface area contributed by atoms with Gasteiger partial charge in [-0.05, 0) is 24.6 Å². The van der Waals surface area contributed by atoms with Crippen LogP contribution in [-0.2, 0) is 0 Å². The second-order valence-electron chi connectivity index (χ2n) is 2.66. The standard InChI is InChI=1S/C12H14O/c1-3-4-5-6-11-7-9-12(13-2)10-8-11/h3-10H,1-2H3/b4-3-,6-5+. The highest BCUT2D eigenvalue weighted by Crippen LogP contribution is 2.12. The van der Waals surface area contributed by atoms with Gasteiger partial charge in [0.2, 0.25) is 0 Å². The molecule has 0 spiro atoms. The first-order chi connectivity index (χ1) is 6.36. The van der Waals surface area contributed by atoms with E-state index in [9.17, 15) is 0 Å². The van der Waals surface area contributed by atoms with Gasteiger partial charge in [-0.1, -0.05) is 36.4 Å². The average Bonchev–Trinajstić information content (AvgIpc) is 2.19. The van der Waals surface area contributed by atoms with Crippen molar-refractivity contribution in [2.75, 3.05) is 7.11 Å². The molecule has 0 bridgehead atoms. The first-order valence-electron chi connectivity index (χ1n) is 4.30. The maximum Gasteiger partial charge on any atom is 0.118 e. The summed E-state index contributed by atoms with van der Waals surface area (Å²) in [6, 6.07) is 7.96. The van der Waals surface area contributed by atoms with Gasteiger partial charge in [0.1, 0.15) is 5.75 Å². The van der Waals surface area contributed by atoms with Crippen molar-refractivity contribution in [2.45, 2.75) is 6.92 Å². The van der Waals surface area contributed by atoms with Gasteiger partial charge < -0.3 is 4.74 Å². The molecule has 0 aliphatic rings. The lowest BCUT2D eigenvalue weighted by molar-refractivity contribution is 0.415. The Labute approximate surface area is 79.4 Å². The third kappa shape index (κ3) is 3.16. The van der Waals surface area contributed by atoms with Gasteiger partial charge in [-0.3, -0.25) is 0 Å². The fraction of sp³-hybridized carbons (Fsp3) is 0.167. The molecule has 0 radical (unpaired) electrons. The average molecular weight is 174 g/mol. The molecule has 0 N–H and O–H groups in total. The monoisotopic (exact) mass is 174 g/mol. The molecule has 1 rings (SSSR count). The normalized spacial score (nSPS) is 11.2. The van der Waals surface area contributed by atoms with Crippen molar-refractivity contribution in [3.8, 4) is 5.75 Å². The van der Waals surface area contributed by atoms with E-state index in [1.807, 2.05) is 49.4 Å². The summed E-state index contributed by atoms with van der Waals surface area (Å²) in [7, 11) is 1.67. The molecule has 0 amide bonds. The number of allylic oxidation sites excluding steroid dienone is 3. The zero-order valence-corrected chi connectivity index (χ0v) is 8.03. The lowest BCUT2D eigenvalue weighted by Crippen LogP contribution is -1.81. The van der Waals surface area contributed by atoms with Gasteiger partial charge in [0.15, 0.2) is 0 Å². The topological polar surface area (TPSA) is 9.23 Å². The van der Waals surface area contributed by atoms with E-state index in [1.54, 1.807) is 7.11 Å². The highest BCUT2D eigenvalue weighted by Gasteiger charge is 1.88. The number of rotatable bonds is 3. The van der Waals surface area contributed by atoms with E-state index in [0.717, 1.165) is 5.75 Å². The Kier molecular flexibility index (Phi) is 3.83. The maximum atomic E-state index is 5.06. The quantitative estimate of drug-likeness (QED) is 0.639. The fourth-order valence-electron chi connectivity index (χ4n) is 0.993. The van der Waals surface area contributed by atoms with Crippen LogP contribution in [0.5, 0.6) is 5.75 Å². The molecule has 0 saturated carbocycles. The molecule has 0 atom stereocenters. The van der Waals surface area contributed by atoms with E-state index in [2.05, 4.69) is 6.08 Å². The van der Waals surface area contributed by atoms with Crippen LogP contribution in [-0.4, -0.2) is 7.11 Å². The molecule has 0 aliphatic heterocycles. The van der Waals surface area contributed by atoms with Crippen LogP contribution in [0.15, 0.2) is 42.5 Å².